The van der Waals surface area contributed by atoms with E-state index >= 15 is 0 Å². The molecule has 3 aliphatic rings. The van der Waals surface area contributed by atoms with Crippen molar-refractivity contribution in [2.45, 2.75) is 59.4 Å². The van der Waals surface area contributed by atoms with Gasteiger partial charge in [-0.05, 0) is 42.4 Å². The second kappa shape index (κ2) is 3.23. The molecule has 2 bridgehead atoms. The third-order valence-corrected chi connectivity index (χ3v) is 6.02. The number of hydrogen-bond donors (Lipinski definition) is 0. The van der Waals surface area contributed by atoms with Gasteiger partial charge in [-0.25, -0.2) is 0 Å². The maximum Gasteiger partial charge on any atom is 0.158 e. The van der Waals surface area contributed by atoms with Crippen molar-refractivity contribution in [3.8, 4) is 0 Å². The van der Waals surface area contributed by atoms with Gasteiger partial charge in [-0.3, -0.25) is 0 Å². The molecule has 3 fully saturated rings. The highest BCUT2D eigenvalue weighted by atomic mass is 16.7. The van der Waals surface area contributed by atoms with Crippen LogP contribution in [0.4, 0.5) is 0 Å². The van der Waals surface area contributed by atoms with Crippen molar-refractivity contribution in [1.82, 2.24) is 0 Å². The summed E-state index contributed by atoms with van der Waals surface area (Å²) in [4.78, 5) is 0. The molecule has 5 atom stereocenters. The molecule has 2 saturated carbocycles. The van der Waals surface area contributed by atoms with Gasteiger partial charge >= 0.3 is 0 Å². The van der Waals surface area contributed by atoms with Crippen LogP contribution in [0.25, 0.3) is 0 Å². The highest BCUT2D eigenvalue weighted by molar-refractivity contribution is 5.16. The largest absolute Gasteiger partial charge is 0.353 e. The number of rotatable bonds is 2. The van der Waals surface area contributed by atoms with Crippen LogP contribution in [0.5, 0.6) is 0 Å². The Morgan fingerprint density at radius 2 is 2.06 bits per heavy atom. The summed E-state index contributed by atoms with van der Waals surface area (Å²) in [5.74, 6) is 1.61. The maximum absolute atomic E-state index is 6.18. The lowest BCUT2D eigenvalue weighted by Crippen LogP contribution is -2.37. The molecule has 0 spiro atoms. The van der Waals surface area contributed by atoms with E-state index in [1.54, 1.807) is 0 Å². The van der Waals surface area contributed by atoms with E-state index in [2.05, 4.69) is 27.7 Å². The van der Waals surface area contributed by atoms with Gasteiger partial charge in [0.25, 0.3) is 0 Å². The zero-order valence-corrected chi connectivity index (χ0v) is 11.0. The van der Waals surface area contributed by atoms with Gasteiger partial charge in [0, 0.05) is 13.0 Å². The van der Waals surface area contributed by atoms with Crippen molar-refractivity contribution in [2.24, 2.45) is 22.7 Å². The molecule has 3 rings (SSSR count). The van der Waals surface area contributed by atoms with Gasteiger partial charge in [0.2, 0.25) is 0 Å². The summed E-state index contributed by atoms with van der Waals surface area (Å²) >= 11 is 0. The summed E-state index contributed by atoms with van der Waals surface area (Å²) < 4.78 is 11.8. The van der Waals surface area contributed by atoms with E-state index in [4.69, 9.17) is 9.47 Å². The Labute approximate surface area is 98.7 Å². The van der Waals surface area contributed by atoms with Crippen molar-refractivity contribution < 1.29 is 9.47 Å². The van der Waals surface area contributed by atoms with Crippen molar-refractivity contribution in [3.05, 3.63) is 0 Å². The third-order valence-electron chi connectivity index (χ3n) is 6.02. The van der Waals surface area contributed by atoms with Crippen LogP contribution in [-0.4, -0.2) is 19.0 Å². The Hall–Kier alpha value is -0.0800. The molecular formula is C14H24O2. The second-order valence-electron chi connectivity index (χ2n) is 6.63. The van der Waals surface area contributed by atoms with Crippen LogP contribution >= 0.6 is 0 Å². The van der Waals surface area contributed by atoms with Crippen LogP contribution in [0.1, 0.15) is 47.0 Å². The van der Waals surface area contributed by atoms with E-state index in [9.17, 15) is 0 Å². The highest BCUT2D eigenvalue weighted by Gasteiger charge is 2.69. The minimum atomic E-state index is 0.0797. The molecule has 0 aromatic heterocycles. The van der Waals surface area contributed by atoms with Gasteiger partial charge in [0.05, 0.1) is 6.10 Å². The monoisotopic (exact) mass is 224 g/mol. The molecule has 0 aromatic rings. The quantitative estimate of drug-likeness (QED) is 0.717. The zero-order chi connectivity index (χ0) is 11.6. The van der Waals surface area contributed by atoms with Crippen LogP contribution in [0.3, 0.4) is 0 Å². The van der Waals surface area contributed by atoms with Crippen LogP contribution in [0.15, 0.2) is 0 Å². The molecule has 1 aliphatic heterocycles. The Bertz CT molecular complexity index is 299. The Kier molecular flexibility index (Phi) is 2.23. The Balaban J connectivity index is 1.85. The molecule has 1 unspecified atom stereocenters. The van der Waals surface area contributed by atoms with Crippen molar-refractivity contribution in [2.75, 3.05) is 6.61 Å². The van der Waals surface area contributed by atoms with Crippen molar-refractivity contribution in [3.63, 3.8) is 0 Å². The van der Waals surface area contributed by atoms with Crippen LogP contribution < -0.4 is 0 Å². The highest BCUT2D eigenvalue weighted by Crippen LogP contribution is 2.71. The predicted octanol–water partition coefficient (Wildman–Crippen LogP) is 3.21. The minimum absolute atomic E-state index is 0.0797. The Morgan fingerprint density at radius 1 is 1.31 bits per heavy atom. The Morgan fingerprint density at radius 3 is 2.69 bits per heavy atom. The summed E-state index contributed by atoms with van der Waals surface area (Å²) in [5.41, 5.74) is 0.841. The van der Waals surface area contributed by atoms with E-state index in [1.807, 2.05) is 0 Å². The summed E-state index contributed by atoms with van der Waals surface area (Å²) in [6.45, 7) is 10.2. The topological polar surface area (TPSA) is 18.5 Å². The van der Waals surface area contributed by atoms with E-state index in [-0.39, 0.29) is 6.29 Å². The number of ether oxygens (including phenoxy) is 2. The molecule has 2 aliphatic carbocycles. The van der Waals surface area contributed by atoms with Gasteiger partial charge in [0.1, 0.15) is 0 Å². The molecular weight excluding hydrogens is 200 g/mol. The fourth-order valence-corrected chi connectivity index (χ4v) is 4.78. The smallest absolute Gasteiger partial charge is 0.158 e. The van der Waals surface area contributed by atoms with Crippen LogP contribution in [0, 0.1) is 22.7 Å². The van der Waals surface area contributed by atoms with Gasteiger partial charge in [-0.2, -0.15) is 0 Å². The summed E-state index contributed by atoms with van der Waals surface area (Å²) in [5, 5.41) is 0. The SMILES string of the molecule is CCO[C@@H]1C[C@@H]2[C@H]3CCC(C)([C@@H]2O1)C3(C)C. The lowest BCUT2D eigenvalue weighted by molar-refractivity contribution is -0.161. The molecule has 1 heterocycles. The standard InChI is InChI=1S/C14H24O2/c1-5-15-11-8-9-10-6-7-14(4,12(9)16-11)13(10,2)3/h9-12H,5-8H2,1-4H3/t9-,10-,11+,12-,14?/m1/s1. The average Bonchev–Trinajstić information content (AvgIpc) is 2.75. The first-order valence-electron chi connectivity index (χ1n) is 6.78. The van der Waals surface area contributed by atoms with E-state index < -0.39 is 0 Å². The van der Waals surface area contributed by atoms with Crippen molar-refractivity contribution >= 4 is 0 Å². The fraction of sp³-hybridized carbons (Fsp3) is 1.00. The van der Waals surface area contributed by atoms with Gasteiger partial charge < -0.3 is 9.47 Å². The maximum atomic E-state index is 6.18. The van der Waals surface area contributed by atoms with Gasteiger partial charge in [0.15, 0.2) is 6.29 Å². The predicted molar refractivity (Wildman–Crippen MR) is 63.0 cm³/mol. The molecule has 92 valence electrons. The van der Waals surface area contributed by atoms with Gasteiger partial charge in [-0.15, -0.1) is 0 Å². The third kappa shape index (κ3) is 1.10. The normalized spacial score (nSPS) is 53.2. The summed E-state index contributed by atoms with van der Waals surface area (Å²) in [6, 6.07) is 0. The van der Waals surface area contributed by atoms with Crippen LogP contribution in [-0.2, 0) is 9.47 Å². The summed E-state index contributed by atoms with van der Waals surface area (Å²) in [6.07, 6.45) is 4.40. The second-order valence-corrected chi connectivity index (χ2v) is 6.63. The molecule has 0 N–H and O–H groups in total. The lowest BCUT2D eigenvalue weighted by Gasteiger charge is -2.38. The van der Waals surface area contributed by atoms with E-state index in [1.165, 1.54) is 12.8 Å². The number of hydrogen-bond acceptors (Lipinski definition) is 2. The number of fused-ring (bicyclic) bond motifs is 5. The molecule has 2 heteroatoms. The molecule has 0 amide bonds. The molecule has 2 nitrogen and oxygen atoms in total. The first-order chi connectivity index (χ1) is 7.50. The molecule has 1 saturated heterocycles. The van der Waals surface area contributed by atoms with Crippen molar-refractivity contribution in [1.29, 1.82) is 0 Å². The molecule has 0 radical (unpaired) electrons. The fourth-order valence-electron chi connectivity index (χ4n) is 4.78. The van der Waals surface area contributed by atoms with Gasteiger partial charge in [-0.1, -0.05) is 20.8 Å². The van der Waals surface area contributed by atoms with E-state index in [0.717, 1.165) is 24.9 Å². The first-order valence-corrected chi connectivity index (χ1v) is 6.78. The first kappa shape index (κ1) is 11.0. The van der Waals surface area contributed by atoms with E-state index in [0.29, 0.717) is 16.9 Å². The average molecular weight is 224 g/mol. The molecule has 16 heavy (non-hydrogen) atoms. The molecule has 0 aromatic carbocycles. The minimum Gasteiger partial charge on any atom is -0.353 e. The summed E-state index contributed by atoms with van der Waals surface area (Å²) in [7, 11) is 0. The van der Waals surface area contributed by atoms with Crippen LogP contribution in [0.2, 0.25) is 0 Å². The lowest BCUT2D eigenvalue weighted by atomic mass is 9.70. The zero-order valence-electron chi connectivity index (χ0n) is 11.0.